The Labute approximate surface area is 142 Å². The third-order valence-electron chi connectivity index (χ3n) is 5.62. The number of hydrogen-bond donors (Lipinski definition) is 0. The van der Waals surface area contributed by atoms with Crippen molar-refractivity contribution < 1.29 is 0 Å². The van der Waals surface area contributed by atoms with E-state index in [-0.39, 0.29) is 0 Å². The fourth-order valence-electron chi connectivity index (χ4n) is 4.14. The van der Waals surface area contributed by atoms with Crippen LogP contribution in [0, 0.1) is 20.8 Å². The second kappa shape index (κ2) is 4.70. The molecule has 1 aliphatic rings. The lowest BCUT2D eigenvalue weighted by atomic mass is 9.94. The van der Waals surface area contributed by atoms with Crippen molar-refractivity contribution in [3.05, 3.63) is 82.4 Å². The third kappa shape index (κ3) is 1.86. The highest BCUT2D eigenvalue weighted by Crippen LogP contribution is 2.41. The Bertz CT molecular complexity index is 1150. The SMILES string of the molecule is Cc1ccc2c(c1)-c1ccc3cc4cc(C)c(C)cc4cc3c1C2. The van der Waals surface area contributed by atoms with Gasteiger partial charge in [-0.2, -0.15) is 0 Å². The van der Waals surface area contributed by atoms with Crippen LogP contribution in [-0.2, 0) is 6.42 Å². The van der Waals surface area contributed by atoms with Crippen LogP contribution >= 0.6 is 0 Å². The predicted octanol–water partition coefficient (Wildman–Crippen LogP) is 6.49. The quantitative estimate of drug-likeness (QED) is 0.287. The van der Waals surface area contributed by atoms with Gasteiger partial charge in [0, 0.05) is 0 Å². The highest BCUT2D eigenvalue weighted by molar-refractivity contribution is 6.03. The molecule has 0 fully saturated rings. The lowest BCUT2D eigenvalue weighted by Crippen LogP contribution is -1.87. The van der Waals surface area contributed by atoms with E-state index in [0.29, 0.717) is 0 Å². The lowest BCUT2D eigenvalue weighted by molar-refractivity contribution is 1.28. The van der Waals surface area contributed by atoms with Gasteiger partial charge in [0.25, 0.3) is 0 Å². The van der Waals surface area contributed by atoms with E-state index in [0.717, 1.165) is 6.42 Å². The highest BCUT2D eigenvalue weighted by Gasteiger charge is 2.20. The molecule has 4 aromatic rings. The minimum Gasteiger partial charge on any atom is -0.0590 e. The third-order valence-corrected chi connectivity index (χ3v) is 5.62. The molecule has 0 saturated carbocycles. The van der Waals surface area contributed by atoms with Crippen molar-refractivity contribution >= 4 is 21.5 Å². The lowest BCUT2D eigenvalue weighted by Gasteiger charge is -2.10. The van der Waals surface area contributed by atoms with E-state index in [2.05, 4.69) is 75.4 Å². The van der Waals surface area contributed by atoms with Crippen molar-refractivity contribution in [2.24, 2.45) is 0 Å². The minimum atomic E-state index is 1.05. The minimum absolute atomic E-state index is 1.05. The zero-order chi connectivity index (χ0) is 16.4. The van der Waals surface area contributed by atoms with Gasteiger partial charge < -0.3 is 0 Å². The van der Waals surface area contributed by atoms with Gasteiger partial charge in [-0.25, -0.2) is 0 Å². The summed E-state index contributed by atoms with van der Waals surface area (Å²) in [6.45, 7) is 6.57. The summed E-state index contributed by atoms with van der Waals surface area (Å²) >= 11 is 0. The fraction of sp³-hybridized carbons (Fsp3) is 0.167. The number of benzene rings is 4. The molecule has 0 nitrogen and oxygen atoms in total. The molecule has 0 aliphatic heterocycles. The largest absolute Gasteiger partial charge is 0.0590 e. The van der Waals surface area contributed by atoms with Gasteiger partial charge in [0.1, 0.15) is 0 Å². The second-order valence-electron chi connectivity index (χ2n) is 7.29. The summed E-state index contributed by atoms with van der Waals surface area (Å²) in [5, 5.41) is 5.47. The van der Waals surface area contributed by atoms with Gasteiger partial charge in [-0.05, 0) is 94.3 Å². The molecule has 0 N–H and O–H groups in total. The Morgan fingerprint density at radius 1 is 0.625 bits per heavy atom. The maximum absolute atomic E-state index is 2.40. The zero-order valence-electron chi connectivity index (χ0n) is 14.4. The summed E-state index contributed by atoms with van der Waals surface area (Å²) in [6.07, 6.45) is 1.05. The van der Waals surface area contributed by atoms with Crippen LogP contribution in [-0.4, -0.2) is 0 Å². The molecule has 0 radical (unpaired) electrons. The molecular weight excluding hydrogens is 288 g/mol. The molecule has 0 saturated heterocycles. The maximum atomic E-state index is 2.40. The van der Waals surface area contributed by atoms with Crippen molar-refractivity contribution in [1.29, 1.82) is 0 Å². The van der Waals surface area contributed by atoms with Crippen LogP contribution in [0.4, 0.5) is 0 Å². The standard InChI is InChI=1S/C24H20/c1-14-4-5-18-12-24-21(22(18)8-14)7-6-17-11-19-9-15(2)16(3)10-20(19)13-23(17)24/h4-11,13H,12H2,1-3H3. The molecule has 0 heterocycles. The van der Waals surface area contributed by atoms with Crippen LogP contribution in [0.15, 0.2) is 54.6 Å². The van der Waals surface area contributed by atoms with Crippen LogP contribution in [0.5, 0.6) is 0 Å². The Balaban J connectivity index is 1.84. The summed E-state index contributed by atoms with van der Waals surface area (Å²) < 4.78 is 0. The van der Waals surface area contributed by atoms with Gasteiger partial charge >= 0.3 is 0 Å². The molecule has 0 bridgehead atoms. The monoisotopic (exact) mass is 308 g/mol. The van der Waals surface area contributed by atoms with Crippen molar-refractivity contribution in [3.63, 3.8) is 0 Å². The van der Waals surface area contributed by atoms with Gasteiger partial charge in [-0.3, -0.25) is 0 Å². The normalized spacial score (nSPS) is 12.6. The van der Waals surface area contributed by atoms with Crippen LogP contribution in [0.2, 0.25) is 0 Å². The van der Waals surface area contributed by atoms with E-state index in [1.807, 2.05) is 0 Å². The van der Waals surface area contributed by atoms with E-state index >= 15 is 0 Å². The second-order valence-corrected chi connectivity index (χ2v) is 7.29. The number of rotatable bonds is 0. The van der Waals surface area contributed by atoms with E-state index in [9.17, 15) is 0 Å². The smallest absolute Gasteiger partial charge is 0.000728 e. The predicted molar refractivity (Wildman–Crippen MR) is 104 cm³/mol. The van der Waals surface area contributed by atoms with Crippen LogP contribution < -0.4 is 0 Å². The molecule has 4 aromatic carbocycles. The zero-order valence-corrected chi connectivity index (χ0v) is 14.4. The van der Waals surface area contributed by atoms with Gasteiger partial charge in [0.05, 0.1) is 0 Å². The topological polar surface area (TPSA) is 0 Å². The van der Waals surface area contributed by atoms with E-state index < -0.39 is 0 Å². The van der Waals surface area contributed by atoms with E-state index in [1.165, 1.54) is 60.5 Å². The van der Waals surface area contributed by atoms with Crippen LogP contribution in [0.1, 0.15) is 27.8 Å². The molecule has 0 heteroatoms. The maximum Gasteiger partial charge on any atom is -0.000728 e. The average molecular weight is 308 g/mol. The molecule has 0 unspecified atom stereocenters. The van der Waals surface area contributed by atoms with E-state index in [1.54, 1.807) is 0 Å². The van der Waals surface area contributed by atoms with Crippen molar-refractivity contribution in [2.45, 2.75) is 27.2 Å². The first kappa shape index (κ1) is 13.8. The summed E-state index contributed by atoms with van der Waals surface area (Å²) in [5.41, 5.74) is 9.87. The van der Waals surface area contributed by atoms with Gasteiger partial charge in [-0.1, -0.05) is 48.0 Å². The Morgan fingerprint density at radius 2 is 1.38 bits per heavy atom. The first-order valence-corrected chi connectivity index (χ1v) is 8.67. The Kier molecular flexibility index (Phi) is 2.71. The molecule has 24 heavy (non-hydrogen) atoms. The van der Waals surface area contributed by atoms with Crippen LogP contribution in [0.3, 0.4) is 0 Å². The van der Waals surface area contributed by atoms with Gasteiger partial charge in [-0.15, -0.1) is 0 Å². The van der Waals surface area contributed by atoms with Crippen molar-refractivity contribution in [2.75, 3.05) is 0 Å². The van der Waals surface area contributed by atoms with Crippen molar-refractivity contribution in [1.82, 2.24) is 0 Å². The molecule has 5 rings (SSSR count). The molecule has 0 aromatic heterocycles. The van der Waals surface area contributed by atoms with Crippen molar-refractivity contribution in [3.8, 4) is 11.1 Å². The molecule has 0 amide bonds. The van der Waals surface area contributed by atoms with Gasteiger partial charge in [0.2, 0.25) is 0 Å². The Hall–Kier alpha value is -2.60. The summed E-state index contributed by atoms with van der Waals surface area (Å²) in [5.74, 6) is 0. The number of aryl methyl sites for hydroxylation is 3. The number of hydrogen-bond acceptors (Lipinski definition) is 0. The average Bonchev–Trinajstić information content (AvgIpc) is 2.93. The first-order valence-electron chi connectivity index (χ1n) is 8.67. The fourth-order valence-corrected chi connectivity index (χ4v) is 4.14. The summed E-state index contributed by atoms with van der Waals surface area (Å²) in [4.78, 5) is 0. The molecular formula is C24H20. The highest BCUT2D eigenvalue weighted by atomic mass is 14.2. The molecule has 0 spiro atoms. The summed E-state index contributed by atoms with van der Waals surface area (Å²) in [7, 11) is 0. The Morgan fingerprint density at radius 3 is 2.17 bits per heavy atom. The molecule has 1 aliphatic carbocycles. The molecule has 0 atom stereocenters. The molecule has 116 valence electrons. The number of fused-ring (bicyclic) bond motifs is 6. The van der Waals surface area contributed by atoms with Crippen LogP contribution in [0.25, 0.3) is 32.7 Å². The first-order chi connectivity index (χ1) is 11.6. The van der Waals surface area contributed by atoms with E-state index in [4.69, 9.17) is 0 Å². The summed E-state index contributed by atoms with van der Waals surface area (Å²) in [6, 6.07) is 20.9. The van der Waals surface area contributed by atoms with Gasteiger partial charge in [0.15, 0.2) is 0 Å².